The number of fused-ring (bicyclic) bond motifs is 2. The molecule has 7 aromatic rings. The maximum absolute atomic E-state index is 13.0. The van der Waals surface area contributed by atoms with Crippen molar-refractivity contribution in [3.05, 3.63) is 136 Å². The van der Waals surface area contributed by atoms with E-state index in [1.807, 2.05) is 125 Å². The monoisotopic (exact) mass is 755 g/mol. The molecule has 1 aliphatic heterocycles. The van der Waals surface area contributed by atoms with E-state index in [4.69, 9.17) is 9.47 Å². The van der Waals surface area contributed by atoms with Crippen molar-refractivity contribution >= 4 is 28.6 Å². The third kappa shape index (κ3) is 7.17. The molecule has 4 heterocycles. The Bertz CT molecular complexity index is 2790. The SMILES string of the molecule is CCOc1ccc(-c2nc(C#N)c3c(n2)N(c2ccccc2C)C(=O)C3)cc1.CCOc1ccc(-c2nc(C#N)c3c(n2)n(-c2ccccc2C)c(=O)n3C)cc1. The second kappa shape index (κ2) is 16.0. The van der Waals surface area contributed by atoms with E-state index >= 15 is 0 Å². The Morgan fingerprint density at radius 2 is 1.18 bits per heavy atom. The molecule has 0 radical (unpaired) electrons. The molecule has 8 rings (SSSR count). The highest BCUT2D eigenvalue weighted by atomic mass is 16.5. The lowest BCUT2D eigenvalue weighted by Crippen LogP contribution is -2.22. The summed E-state index contributed by atoms with van der Waals surface area (Å²) in [6.45, 7) is 8.88. The van der Waals surface area contributed by atoms with E-state index in [2.05, 4.69) is 32.1 Å². The fraction of sp³-hybridized carbons (Fsp3) is 0.182. The van der Waals surface area contributed by atoms with Crippen LogP contribution in [-0.4, -0.2) is 48.2 Å². The normalized spacial score (nSPS) is 11.7. The molecular weight excluding hydrogens is 719 g/mol. The van der Waals surface area contributed by atoms with Crippen molar-refractivity contribution in [1.82, 2.24) is 29.1 Å². The lowest BCUT2D eigenvalue weighted by Gasteiger charge is -2.19. The number of imidazole rings is 1. The number of hydrogen-bond acceptors (Lipinski definition) is 10. The number of aryl methyl sites for hydroxylation is 3. The van der Waals surface area contributed by atoms with Crippen molar-refractivity contribution in [2.24, 2.45) is 7.05 Å². The average molecular weight is 756 g/mol. The number of ether oxygens (including phenoxy) is 2. The van der Waals surface area contributed by atoms with E-state index in [-0.39, 0.29) is 29.4 Å². The van der Waals surface area contributed by atoms with Crippen LogP contribution in [0, 0.1) is 36.5 Å². The van der Waals surface area contributed by atoms with Crippen LogP contribution in [0.4, 0.5) is 11.5 Å². The van der Waals surface area contributed by atoms with Crippen LogP contribution in [-0.2, 0) is 18.3 Å². The third-order valence-corrected chi connectivity index (χ3v) is 9.44. The van der Waals surface area contributed by atoms with Gasteiger partial charge in [0.2, 0.25) is 5.91 Å². The molecule has 282 valence electrons. The third-order valence-electron chi connectivity index (χ3n) is 9.44. The van der Waals surface area contributed by atoms with Gasteiger partial charge < -0.3 is 9.47 Å². The summed E-state index contributed by atoms with van der Waals surface area (Å²) in [6.07, 6.45) is 0.121. The molecule has 0 atom stereocenters. The van der Waals surface area contributed by atoms with Gasteiger partial charge >= 0.3 is 5.69 Å². The summed E-state index contributed by atoms with van der Waals surface area (Å²) in [6, 6.07) is 34.2. The predicted octanol–water partition coefficient (Wildman–Crippen LogP) is 7.31. The van der Waals surface area contributed by atoms with Gasteiger partial charge in [0, 0.05) is 23.7 Å². The van der Waals surface area contributed by atoms with Gasteiger partial charge in [0.05, 0.1) is 31.0 Å². The molecule has 0 spiro atoms. The molecule has 13 nitrogen and oxygen atoms in total. The van der Waals surface area contributed by atoms with Crippen molar-refractivity contribution in [2.75, 3.05) is 18.1 Å². The molecule has 1 aliphatic rings. The molecule has 4 aromatic carbocycles. The number of carbonyl (C=O) groups excluding carboxylic acids is 1. The number of amides is 1. The highest BCUT2D eigenvalue weighted by molar-refractivity contribution is 6.07. The van der Waals surface area contributed by atoms with Gasteiger partial charge in [-0.2, -0.15) is 10.5 Å². The Kier molecular flexibility index (Phi) is 10.6. The first-order chi connectivity index (χ1) is 27.7. The molecule has 0 saturated heterocycles. The van der Waals surface area contributed by atoms with Gasteiger partial charge in [0.15, 0.2) is 23.0 Å². The van der Waals surface area contributed by atoms with Gasteiger partial charge in [0.1, 0.15) is 40.7 Å². The van der Waals surface area contributed by atoms with E-state index in [9.17, 15) is 20.1 Å². The Morgan fingerprint density at radius 3 is 1.70 bits per heavy atom. The zero-order valence-corrected chi connectivity index (χ0v) is 32.0. The van der Waals surface area contributed by atoms with Crippen LogP contribution in [0.15, 0.2) is 102 Å². The van der Waals surface area contributed by atoms with Gasteiger partial charge in [-0.15, -0.1) is 0 Å². The molecule has 0 N–H and O–H groups in total. The molecule has 3 aromatic heterocycles. The molecule has 0 aliphatic carbocycles. The molecule has 0 bridgehead atoms. The fourth-order valence-electron chi connectivity index (χ4n) is 6.67. The topological polar surface area (TPSA) is 165 Å². The molecular formula is C44H37N9O4. The minimum absolute atomic E-state index is 0.112. The summed E-state index contributed by atoms with van der Waals surface area (Å²) in [5.41, 5.74) is 6.39. The fourth-order valence-corrected chi connectivity index (χ4v) is 6.67. The number of nitrogens with zero attached hydrogens (tertiary/aromatic N) is 9. The zero-order chi connectivity index (χ0) is 40.2. The van der Waals surface area contributed by atoms with Crippen LogP contribution < -0.4 is 20.1 Å². The molecule has 1 amide bonds. The van der Waals surface area contributed by atoms with Crippen LogP contribution in [0.1, 0.15) is 41.9 Å². The lowest BCUT2D eigenvalue weighted by molar-refractivity contribution is -0.116. The quantitative estimate of drug-likeness (QED) is 0.154. The number of benzene rings is 4. The van der Waals surface area contributed by atoms with Crippen LogP contribution in [0.5, 0.6) is 11.5 Å². The number of hydrogen-bond donors (Lipinski definition) is 0. The van der Waals surface area contributed by atoms with E-state index in [0.717, 1.165) is 45.1 Å². The Morgan fingerprint density at radius 1 is 0.667 bits per heavy atom. The summed E-state index contributed by atoms with van der Waals surface area (Å²) in [5.74, 6) is 2.66. The maximum Gasteiger partial charge on any atom is 0.334 e. The summed E-state index contributed by atoms with van der Waals surface area (Å²) < 4.78 is 13.9. The van der Waals surface area contributed by atoms with Crippen LogP contribution >= 0.6 is 0 Å². The van der Waals surface area contributed by atoms with Crippen LogP contribution in [0.2, 0.25) is 0 Å². The standard InChI is InChI=1S/C22H19N5O2.C22H18N4O2/c1-4-29-16-11-9-15(10-12-16)20-24-17(13-23)19-21(25-20)27(22(28)26(19)3)18-8-6-5-7-14(18)2;1-3-28-16-10-8-15(9-11-16)21-24-18(13-23)17-12-20(27)26(22(17)25-21)19-7-5-4-6-14(19)2/h5-12H,4H2,1-3H3;4-11H,3,12H2,1-2H3. The van der Waals surface area contributed by atoms with Gasteiger partial charge in [-0.25, -0.2) is 29.3 Å². The second-order valence-corrected chi connectivity index (χ2v) is 13.1. The number of nitriles is 2. The van der Waals surface area contributed by atoms with E-state index < -0.39 is 0 Å². The molecule has 0 saturated carbocycles. The van der Waals surface area contributed by atoms with Crippen molar-refractivity contribution < 1.29 is 14.3 Å². The minimum Gasteiger partial charge on any atom is -0.494 e. The lowest BCUT2D eigenvalue weighted by atomic mass is 10.1. The van der Waals surface area contributed by atoms with Gasteiger partial charge in [-0.05, 0) is 99.5 Å². The number of carbonyl (C=O) groups is 1. The van der Waals surface area contributed by atoms with Gasteiger partial charge in [0.25, 0.3) is 0 Å². The molecule has 57 heavy (non-hydrogen) atoms. The minimum atomic E-state index is -0.274. The summed E-state index contributed by atoms with van der Waals surface area (Å²) in [4.78, 5) is 45.5. The highest BCUT2D eigenvalue weighted by Gasteiger charge is 2.34. The number of anilines is 2. The first-order valence-corrected chi connectivity index (χ1v) is 18.3. The van der Waals surface area contributed by atoms with E-state index in [1.165, 1.54) is 9.13 Å². The summed E-state index contributed by atoms with van der Waals surface area (Å²) in [5, 5.41) is 19.3. The second-order valence-electron chi connectivity index (χ2n) is 13.1. The Hall–Kier alpha value is -7.64. The van der Waals surface area contributed by atoms with Crippen molar-refractivity contribution in [2.45, 2.75) is 34.1 Å². The molecule has 0 unspecified atom stereocenters. The largest absolute Gasteiger partial charge is 0.494 e. The summed E-state index contributed by atoms with van der Waals surface area (Å²) in [7, 11) is 1.63. The summed E-state index contributed by atoms with van der Waals surface area (Å²) >= 11 is 0. The number of rotatable bonds is 8. The smallest absolute Gasteiger partial charge is 0.334 e. The Balaban J connectivity index is 0.000000174. The first kappa shape index (κ1) is 37.7. The molecule has 0 fully saturated rings. The molecule has 13 heteroatoms. The van der Waals surface area contributed by atoms with E-state index in [0.29, 0.717) is 47.4 Å². The van der Waals surface area contributed by atoms with Gasteiger partial charge in [-0.1, -0.05) is 36.4 Å². The average Bonchev–Trinajstić information content (AvgIpc) is 3.69. The predicted molar refractivity (Wildman–Crippen MR) is 216 cm³/mol. The maximum atomic E-state index is 13.0. The number of aromatic nitrogens is 6. The van der Waals surface area contributed by atoms with Crippen molar-refractivity contribution in [3.8, 4) is 52.1 Å². The van der Waals surface area contributed by atoms with Crippen LogP contribution in [0.3, 0.4) is 0 Å². The van der Waals surface area contributed by atoms with Crippen LogP contribution in [0.25, 0.3) is 39.6 Å². The van der Waals surface area contributed by atoms with Crippen molar-refractivity contribution in [3.63, 3.8) is 0 Å². The highest BCUT2D eigenvalue weighted by Crippen LogP contribution is 2.38. The number of para-hydroxylation sites is 2. The first-order valence-electron chi connectivity index (χ1n) is 18.3. The van der Waals surface area contributed by atoms with Gasteiger partial charge in [-0.3, -0.25) is 14.3 Å². The van der Waals surface area contributed by atoms with Crippen molar-refractivity contribution in [1.29, 1.82) is 10.5 Å². The zero-order valence-electron chi connectivity index (χ0n) is 32.0. The van der Waals surface area contributed by atoms with E-state index in [1.54, 1.807) is 11.9 Å². The Labute approximate surface area is 328 Å².